The molecule has 1 fully saturated rings. The van der Waals surface area contributed by atoms with Crippen molar-refractivity contribution in [3.05, 3.63) is 57.6 Å². The third-order valence-corrected chi connectivity index (χ3v) is 6.32. The second-order valence-corrected chi connectivity index (χ2v) is 8.24. The van der Waals surface area contributed by atoms with E-state index in [0.717, 1.165) is 33.3 Å². The summed E-state index contributed by atoms with van der Waals surface area (Å²) in [4.78, 5) is 38.8. The first kappa shape index (κ1) is 22.0. The summed E-state index contributed by atoms with van der Waals surface area (Å²) >= 11 is 3.46. The molecule has 1 N–H and O–H groups in total. The van der Waals surface area contributed by atoms with Gasteiger partial charge in [-0.2, -0.15) is 0 Å². The predicted octanol–water partition coefficient (Wildman–Crippen LogP) is 4.16. The molecule has 0 spiro atoms. The fraction of sp³-hybridized carbons (Fsp3) is 0.348. The van der Waals surface area contributed by atoms with Crippen LogP contribution in [0.15, 0.2) is 40.9 Å². The van der Waals surface area contributed by atoms with E-state index in [-0.39, 0.29) is 25.5 Å². The van der Waals surface area contributed by atoms with Crippen molar-refractivity contribution in [3.8, 4) is 0 Å². The van der Waals surface area contributed by atoms with Crippen LogP contribution < -0.4 is 10.2 Å². The maximum atomic E-state index is 12.5. The molecule has 0 unspecified atom stereocenters. The van der Waals surface area contributed by atoms with Crippen molar-refractivity contribution in [3.63, 3.8) is 0 Å². The van der Waals surface area contributed by atoms with Crippen LogP contribution in [-0.2, 0) is 25.5 Å². The molecule has 6 nitrogen and oxygen atoms in total. The molecule has 2 aromatic carbocycles. The zero-order valence-electron chi connectivity index (χ0n) is 17.3. The van der Waals surface area contributed by atoms with E-state index < -0.39 is 17.8 Å². The number of para-hydroxylation sites is 1. The van der Waals surface area contributed by atoms with Crippen molar-refractivity contribution in [2.75, 3.05) is 23.4 Å². The van der Waals surface area contributed by atoms with E-state index in [4.69, 9.17) is 4.74 Å². The van der Waals surface area contributed by atoms with Crippen molar-refractivity contribution in [2.45, 2.75) is 33.6 Å². The highest BCUT2D eigenvalue weighted by atomic mass is 79.9. The summed E-state index contributed by atoms with van der Waals surface area (Å²) in [5.41, 5.74) is 4.53. The van der Waals surface area contributed by atoms with Crippen molar-refractivity contribution in [2.24, 2.45) is 5.92 Å². The van der Waals surface area contributed by atoms with Gasteiger partial charge in [0.05, 0.1) is 5.92 Å². The predicted molar refractivity (Wildman–Crippen MR) is 119 cm³/mol. The molecule has 1 heterocycles. The van der Waals surface area contributed by atoms with Gasteiger partial charge in [0.2, 0.25) is 5.91 Å². The summed E-state index contributed by atoms with van der Waals surface area (Å²) in [7, 11) is 0. The van der Waals surface area contributed by atoms with Gasteiger partial charge in [-0.25, -0.2) is 0 Å². The number of amides is 2. The van der Waals surface area contributed by atoms with Gasteiger partial charge in [0.1, 0.15) is 0 Å². The molecule has 2 amide bonds. The number of nitrogens with zero attached hydrogens (tertiary/aromatic N) is 1. The maximum Gasteiger partial charge on any atom is 0.311 e. The summed E-state index contributed by atoms with van der Waals surface area (Å²) in [5.74, 6) is -1.63. The van der Waals surface area contributed by atoms with Crippen molar-refractivity contribution < 1.29 is 19.1 Å². The SMILES string of the molecule is CCc1ccccc1N1C[C@H](C(=O)OCC(=O)Nc2ccc(Br)c(C)c2C)CC1=O. The third-order valence-electron chi connectivity index (χ3n) is 5.46. The Morgan fingerprint density at radius 2 is 1.90 bits per heavy atom. The van der Waals surface area contributed by atoms with Gasteiger partial charge in [0, 0.05) is 28.8 Å². The van der Waals surface area contributed by atoms with E-state index in [1.54, 1.807) is 11.0 Å². The Morgan fingerprint density at radius 1 is 1.17 bits per heavy atom. The Labute approximate surface area is 184 Å². The topological polar surface area (TPSA) is 75.7 Å². The van der Waals surface area contributed by atoms with E-state index in [1.165, 1.54) is 0 Å². The number of aryl methyl sites for hydroxylation is 1. The lowest BCUT2D eigenvalue weighted by Gasteiger charge is -2.19. The van der Waals surface area contributed by atoms with Gasteiger partial charge in [0.25, 0.3) is 5.91 Å². The molecule has 30 heavy (non-hydrogen) atoms. The lowest BCUT2D eigenvalue weighted by atomic mass is 10.1. The first-order valence-corrected chi connectivity index (χ1v) is 10.7. The normalized spacial score (nSPS) is 15.9. The first-order chi connectivity index (χ1) is 14.3. The Bertz CT molecular complexity index is 989. The highest BCUT2D eigenvalue weighted by Gasteiger charge is 2.37. The lowest BCUT2D eigenvalue weighted by molar-refractivity contribution is -0.151. The van der Waals surface area contributed by atoms with Gasteiger partial charge >= 0.3 is 5.97 Å². The Hall–Kier alpha value is -2.67. The van der Waals surface area contributed by atoms with Gasteiger partial charge in [-0.3, -0.25) is 14.4 Å². The van der Waals surface area contributed by atoms with Crippen LogP contribution in [0.4, 0.5) is 11.4 Å². The van der Waals surface area contributed by atoms with Crippen molar-refractivity contribution >= 4 is 45.1 Å². The largest absolute Gasteiger partial charge is 0.455 e. The molecule has 1 aliphatic heterocycles. The second kappa shape index (κ2) is 9.43. The molecule has 0 radical (unpaired) electrons. The number of ether oxygens (including phenoxy) is 1. The summed E-state index contributed by atoms with van der Waals surface area (Å²) in [5, 5.41) is 2.77. The Kier molecular flexibility index (Phi) is 6.92. The van der Waals surface area contributed by atoms with Crippen molar-refractivity contribution in [1.29, 1.82) is 0 Å². The van der Waals surface area contributed by atoms with Crippen LogP contribution in [0.5, 0.6) is 0 Å². The number of carbonyl (C=O) groups excluding carboxylic acids is 3. The highest BCUT2D eigenvalue weighted by Crippen LogP contribution is 2.29. The number of esters is 1. The van der Waals surface area contributed by atoms with Crippen LogP contribution >= 0.6 is 15.9 Å². The molecule has 0 aromatic heterocycles. The first-order valence-electron chi connectivity index (χ1n) is 9.92. The minimum Gasteiger partial charge on any atom is -0.455 e. The summed E-state index contributed by atoms with van der Waals surface area (Å²) in [6.45, 7) is 5.77. The maximum absolute atomic E-state index is 12.5. The summed E-state index contributed by atoms with van der Waals surface area (Å²) in [6, 6.07) is 11.3. The van der Waals surface area contributed by atoms with Crippen LogP contribution in [0.1, 0.15) is 30.0 Å². The molecular formula is C23H25BrN2O4. The number of benzene rings is 2. The van der Waals surface area contributed by atoms with E-state index >= 15 is 0 Å². The number of halogens is 1. The molecule has 158 valence electrons. The average molecular weight is 473 g/mol. The van der Waals surface area contributed by atoms with E-state index in [2.05, 4.69) is 21.2 Å². The number of anilines is 2. The molecule has 0 saturated carbocycles. The lowest BCUT2D eigenvalue weighted by Crippen LogP contribution is -2.28. The van der Waals surface area contributed by atoms with Crippen LogP contribution in [0.2, 0.25) is 0 Å². The molecule has 1 aliphatic rings. The molecular weight excluding hydrogens is 448 g/mol. The van der Waals surface area contributed by atoms with E-state index in [0.29, 0.717) is 5.69 Å². The Morgan fingerprint density at radius 3 is 2.63 bits per heavy atom. The second-order valence-electron chi connectivity index (χ2n) is 7.39. The quantitative estimate of drug-likeness (QED) is 0.640. The van der Waals surface area contributed by atoms with Crippen LogP contribution in [0.3, 0.4) is 0 Å². The van der Waals surface area contributed by atoms with Crippen LogP contribution in [0, 0.1) is 19.8 Å². The fourth-order valence-corrected chi connectivity index (χ4v) is 3.96. The fourth-order valence-electron chi connectivity index (χ4n) is 3.54. The van der Waals surface area contributed by atoms with Crippen molar-refractivity contribution in [1.82, 2.24) is 0 Å². The average Bonchev–Trinajstić information content (AvgIpc) is 3.14. The molecule has 0 aliphatic carbocycles. The summed E-state index contributed by atoms with van der Waals surface area (Å²) < 4.78 is 6.17. The van der Waals surface area contributed by atoms with Crippen LogP contribution in [-0.4, -0.2) is 30.9 Å². The molecule has 3 rings (SSSR count). The minimum absolute atomic E-state index is 0.0868. The molecule has 0 bridgehead atoms. The van der Waals surface area contributed by atoms with Gasteiger partial charge in [0.15, 0.2) is 6.61 Å². The number of rotatable bonds is 6. The number of nitrogens with one attached hydrogen (secondary N) is 1. The van der Waals surface area contributed by atoms with Gasteiger partial charge in [-0.05, 0) is 55.2 Å². The number of carbonyl (C=O) groups is 3. The standard InChI is InChI=1S/C23H25BrN2O4/c1-4-16-7-5-6-8-20(16)26-12-17(11-22(26)28)23(29)30-13-21(27)25-19-10-9-18(24)14(2)15(19)3/h5-10,17H,4,11-13H2,1-3H3,(H,25,27)/t17-/m1/s1. The van der Waals surface area contributed by atoms with Gasteiger partial charge in [-0.1, -0.05) is 41.1 Å². The highest BCUT2D eigenvalue weighted by molar-refractivity contribution is 9.10. The minimum atomic E-state index is -0.577. The number of hydrogen-bond donors (Lipinski definition) is 1. The zero-order valence-corrected chi connectivity index (χ0v) is 18.9. The van der Waals surface area contributed by atoms with E-state index in [1.807, 2.05) is 51.1 Å². The monoisotopic (exact) mass is 472 g/mol. The molecule has 1 saturated heterocycles. The molecule has 2 aromatic rings. The molecule has 1 atom stereocenters. The summed E-state index contributed by atoms with van der Waals surface area (Å²) in [6.07, 6.45) is 0.883. The Balaban J connectivity index is 1.57. The third kappa shape index (κ3) is 4.73. The van der Waals surface area contributed by atoms with Gasteiger partial charge in [-0.15, -0.1) is 0 Å². The smallest absolute Gasteiger partial charge is 0.311 e. The van der Waals surface area contributed by atoms with Crippen LogP contribution in [0.25, 0.3) is 0 Å². The van der Waals surface area contributed by atoms with Gasteiger partial charge < -0.3 is 15.0 Å². The van der Waals surface area contributed by atoms with E-state index in [9.17, 15) is 14.4 Å². The number of hydrogen-bond acceptors (Lipinski definition) is 4. The molecule has 7 heteroatoms. The zero-order chi connectivity index (χ0) is 21.8.